The van der Waals surface area contributed by atoms with Crippen LogP contribution in [-0.4, -0.2) is 36.6 Å². The molecule has 27 heavy (non-hydrogen) atoms. The van der Waals surface area contributed by atoms with E-state index in [0.717, 1.165) is 13.0 Å². The summed E-state index contributed by atoms with van der Waals surface area (Å²) in [5.41, 5.74) is 5.99. The summed E-state index contributed by atoms with van der Waals surface area (Å²) in [5.74, 6) is 0.416. The molecule has 0 bridgehead atoms. The number of ether oxygens (including phenoxy) is 1. The van der Waals surface area contributed by atoms with Gasteiger partial charge in [-0.2, -0.15) is 0 Å². The number of anilines is 1. The number of rotatable bonds is 7. The van der Waals surface area contributed by atoms with E-state index in [2.05, 4.69) is 30.0 Å². The minimum atomic E-state index is -0.446. The van der Waals surface area contributed by atoms with Crippen molar-refractivity contribution in [1.29, 1.82) is 0 Å². The molecule has 1 aliphatic rings. The Kier molecular flexibility index (Phi) is 7.84. The van der Waals surface area contributed by atoms with Crippen LogP contribution >= 0.6 is 12.2 Å². The number of nitrogens with one attached hydrogen (secondary N) is 3. The first-order valence-electron chi connectivity index (χ1n) is 9.28. The summed E-state index contributed by atoms with van der Waals surface area (Å²) in [6, 6.07) is 7.36. The molecule has 3 N–H and O–H groups in total. The summed E-state index contributed by atoms with van der Waals surface area (Å²) in [7, 11) is 0. The van der Waals surface area contributed by atoms with Gasteiger partial charge in [0.1, 0.15) is 5.75 Å². The Labute approximate surface area is 165 Å². The topological polar surface area (TPSA) is 82.7 Å². The highest BCUT2D eigenvalue weighted by Gasteiger charge is 2.36. The van der Waals surface area contributed by atoms with E-state index in [0.29, 0.717) is 35.6 Å². The van der Waals surface area contributed by atoms with Gasteiger partial charge in [0.15, 0.2) is 5.11 Å². The van der Waals surface area contributed by atoms with Gasteiger partial charge in [-0.3, -0.25) is 20.4 Å². The van der Waals surface area contributed by atoms with Crippen molar-refractivity contribution >= 4 is 34.8 Å². The van der Waals surface area contributed by atoms with Crippen molar-refractivity contribution in [2.75, 3.05) is 24.6 Å². The van der Waals surface area contributed by atoms with E-state index < -0.39 is 5.92 Å². The number of hydrogen-bond acceptors (Lipinski definition) is 4. The maximum Gasteiger partial charge on any atom is 0.243 e. The Balaban J connectivity index is 1.88. The van der Waals surface area contributed by atoms with E-state index in [1.165, 1.54) is 0 Å². The molecule has 1 aliphatic heterocycles. The summed E-state index contributed by atoms with van der Waals surface area (Å²) >= 11 is 5.14. The second-order valence-corrected chi connectivity index (χ2v) is 7.27. The summed E-state index contributed by atoms with van der Waals surface area (Å²) in [4.78, 5) is 26.4. The molecule has 1 aromatic rings. The van der Waals surface area contributed by atoms with Gasteiger partial charge < -0.3 is 15.0 Å². The lowest BCUT2D eigenvalue weighted by atomic mass is 10.1. The minimum absolute atomic E-state index is 0.0973. The smallest absolute Gasteiger partial charge is 0.243 e. The lowest BCUT2D eigenvalue weighted by molar-refractivity contribution is -0.126. The average molecular weight is 393 g/mol. The molecule has 2 rings (SSSR count). The van der Waals surface area contributed by atoms with E-state index >= 15 is 0 Å². The molecule has 8 heteroatoms. The van der Waals surface area contributed by atoms with E-state index in [1.807, 2.05) is 31.2 Å². The van der Waals surface area contributed by atoms with Crippen LogP contribution in [0.2, 0.25) is 0 Å². The van der Waals surface area contributed by atoms with Crippen LogP contribution in [-0.2, 0) is 9.59 Å². The highest BCUT2D eigenvalue weighted by Crippen LogP contribution is 2.32. The molecule has 0 radical (unpaired) electrons. The van der Waals surface area contributed by atoms with E-state index in [4.69, 9.17) is 17.0 Å². The second kappa shape index (κ2) is 10.1. The number of benzene rings is 1. The van der Waals surface area contributed by atoms with Crippen molar-refractivity contribution in [1.82, 2.24) is 16.2 Å². The molecule has 2 amide bonds. The third-order valence-corrected chi connectivity index (χ3v) is 4.50. The summed E-state index contributed by atoms with van der Waals surface area (Å²) < 4.78 is 5.59. The van der Waals surface area contributed by atoms with Gasteiger partial charge in [-0.15, -0.1) is 0 Å². The first kappa shape index (κ1) is 21.0. The van der Waals surface area contributed by atoms with Crippen LogP contribution in [0.15, 0.2) is 24.3 Å². The Bertz CT molecular complexity index is 681. The Morgan fingerprint density at radius 3 is 2.78 bits per heavy atom. The molecule has 1 atom stereocenters. The lowest BCUT2D eigenvalue weighted by Crippen LogP contribution is -2.49. The van der Waals surface area contributed by atoms with Gasteiger partial charge in [0.2, 0.25) is 11.8 Å². The SMILES string of the molecule is CCOc1ccccc1N1C[C@H](C(=O)NNC(=S)NCCC(C)C)CC1=O. The maximum absolute atomic E-state index is 12.4. The minimum Gasteiger partial charge on any atom is -0.492 e. The van der Waals surface area contributed by atoms with Crippen LogP contribution in [0.1, 0.15) is 33.6 Å². The van der Waals surface area contributed by atoms with Gasteiger partial charge >= 0.3 is 0 Å². The summed E-state index contributed by atoms with van der Waals surface area (Å²) in [6.07, 6.45) is 1.14. The molecule has 0 saturated carbocycles. The Morgan fingerprint density at radius 1 is 1.33 bits per heavy atom. The van der Waals surface area contributed by atoms with Gasteiger partial charge in [-0.25, -0.2) is 0 Å². The van der Waals surface area contributed by atoms with Crippen LogP contribution < -0.4 is 25.8 Å². The van der Waals surface area contributed by atoms with Gasteiger partial charge in [-0.1, -0.05) is 26.0 Å². The highest BCUT2D eigenvalue weighted by atomic mass is 32.1. The zero-order chi connectivity index (χ0) is 19.8. The molecule has 0 aliphatic carbocycles. The molecule has 0 aromatic heterocycles. The Morgan fingerprint density at radius 2 is 2.07 bits per heavy atom. The largest absolute Gasteiger partial charge is 0.492 e. The third kappa shape index (κ3) is 6.09. The van der Waals surface area contributed by atoms with Crippen molar-refractivity contribution in [2.45, 2.75) is 33.6 Å². The maximum atomic E-state index is 12.4. The third-order valence-electron chi connectivity index (χ3n) is 4.26. The number of para-hydroxylation sites is 2. The monoisotopic (exact) mass is 392 g/mol. The van der Waals surface area contributed by atoms with Crippen LogP contribution in [0.3, 0.4) is 0 Å². The number of carbonyl (C=O) groups is 2. The summed E-state index contributed by atoms with van der Waals surface area (Å²) in [6.45, 7) is 7.71. The standard InChI is InChI=1S/C19H28N4O3S/c1-4-26-16-8-6-5-7-15(16)23-12-14(11-17(23)24)18(25)21-22-19(27)20-10-9-13(2)3/h5-8,13-14H,4,9-12H2,1-3H3,(H,21,25)(H2,20,22,27)/t14-/m1/s1. The van der Waals surface area contributed by atoms with E-state index in [-0.39, 0.29) is 18.2 Å². The average Bonchev–Trinajstić information content (AvgIpc) is 3.02. The van der Waals surface area contributed by atoms with Crippen LogP contribution in [0.4, 0.5) is 5.69 Å². The molecule has 1 heterocycles. The number of amides is 2. The van der Waals surface area contributed by atoms with Gasteiger partial charge in [0.25, 0.3) is 0 Å². The molecule has 1 saturated heterocycles. The molecule has 0 unspecified atom stereocenters. The number of hydrazine groups is 1. The first-order chi connectivity index (χ1) is 12.9. The van der Waals surface area contributed by atoms with Gasteiger partial charge in [-0.05, 0) is 43.6 Å². The summed E-state index contributed by atoms with van der Waals surface area (Å²) in [5, 5.41) is 3.40. The molecule has 148 valence electrons. The fourth-order valence-electron chi connectivity index (χ4n) is 2.81. The number of thiocarbonyl (C=S) groups is 1. The molecule has 0 spiro atoms. The van der Waals surface area contributed by atoms with Gasteiger partial charge in [0, 0.05) is 19.5 Å². The normalized spacial score (nSPS) is 16.4. The molecular weight excluding hydrogens is 364 g/mol. The predicted molar refractivity (Wildman–Crippen MR) is 109 cm³/mol. The Hall–Kier alpha value is -2.35. The first-order valence-corrected chi connectivity index (χ1v) is 9.69. The number of nitrogens with zero attached hydrogens (tertiary/aromatic N) is 1. The van der Waals surface area contributed by atoms with E-state index in [9.17, 15) is 9.59 Å². The quantitative estimate of drug-likeness (QED) is 0.486. The van der Waals surface area contributed by atoms with Crippen molar-refractivity contribution < 1.29 is 14.3 Å². The fraction of sp³-hybridized carbons (Fsp3) is 0.526. The van der Waals surface area contributed by atoms with Crippen molar-refractivity contribution in [3.05, 3.63) is 24.3 Å². The molecule has 1 aromatic carbocycles. The lowest BCUT2D eigenvalue weighted by Gasteiger charge is -2.20. The molecule has 1 fully saturated rings. The number of hydrogen-bond donors (Lipinski definition) is 3. The molecular formula is C19H28N4O3S. The van der Waals surface area contributed by atoms with Crippen molar-refractivity contribution in [2.24, 2.45) is 11.8 Å². The van der Waals surface area contributed by atoms with Crippen molar-refractivity contribution in [3.8, 4) is 5.75 Å². The van der Waals surface area contributed by atoms with E-state index in [1.54, 1.807) is 4.90 Å². The van der Waals surface area contributed by atoms with Crippen LogP contribution in [0, 0.1) is 11.8 Å². The van der Waals surface area contributed by atoms with Crippen molar-refractivity contribution in [3.63, 3.8) is 0 Å². The fourth-order valence-corrected chi connectivity index (χ4v) is 2.97. The predicted octanol–water partition coefficient (Wildman–Crippen LogP) is 1.98. The van der Waals surface area contributed by atoms with Gasteiger partial charge in [0.05, 0.1) is 18.2 Å². The highest BCUT2D eigenvalue weighted by molar-refractivity contribution is 7.80. The van der Waals surface area contributed by atoms with Crippen LogP contribution in [0.5, 0.6) is 5.75 Å². The second-order valence-electron chi connectivity index (χ2n) is 6.86. The zero-order valence-electron chi connectivity index (χ0n) is 16.1. The van der Waals surface area contributed by atoms with Crippen LogP contribution in [0.25, 0.3) is 0 Å². The molecule has 7 nitrogen and oxygen atoms in total. The number of carbonyl (C=O) groups excluding carboxylic acids is 2. The zero-order valence-corrected chi connectivity index (χ0v) is 16.9.